The molecule has 0 radical (unpaired) electrons. The van der Waals surface area contributed by atoms with Gasteiger partial charge in [-0.3, -0.25) is 19.6 Å². The van der Waals surface area contributed by atoms with Crippen LogP contribution in [0.15, 0.2) is 85.1 Å². The van der Waals surface area contributed by atoms with Crippen molar-refractivity contribution < 1.29 is 60.8 Å². The lowest BCUT2D eigenvalue weighted by Crippen LogP contribution is -2.62. The zero-order valence-corrected chi connectivity index (χ0v) is 37.1. The molecule has 0 spiro atoms. The Balaban J connectivity index is 1.65. The van der Waals surface area contributed by atoms with Gasteiger partial charge in [0.1, 0.15) is 41.0 Å². The van der Waals surface area contributed by atoms with Crippen LogP contribution in [0.1, 0.15) is 63.9 Å². The summed E-state index contributed by atoms with van der Waals surface area (Å²) in [6.45, 7) is 8.58. The number of esters is 1. The molecule has 17 nitrogen and oxygen atoms in total. The Morgan fingerprint density at radius 3 is 2.00 bits per heavy atom. The highest BCUT2D eigenvalue weighted by molar-refractivity contribution is 5.94. The summed E-state index contributed by atoms with van der Waals surface area (Å²) in [5, 5.41) is 14.4. The average Bonchev–Trinajstić information content (AvgIpc) is 3.70. The fraction of sp³-hybridized carbons (Fsp3) is 0.432. The summed E-state index contributed by atoms with van der Waals surface area (Å²) in [4.78, 5) is 69.4. The van der Waals surface area contributed by atoms with E-state index in [0.717, 1.165) is 10.9 Å². The van der Waals surface area contributed by atoms with Gasteiger partial charge in [-0.1, -0.05) is 65.9 Å². The molecule has 4 amide bonds. The first kappa shape index (κ1) is 49.8. The molecule has 3 N–H and O–H groups in total. The number of carbonyl (C=O) groups is 5. The zero-order valence-electron chi connectivity index (χ0n) is 37.1. The monoisotopic (exact) mass is 897 g/mol. The predicted molar refractivity (Wildman–Crippen MR) is 225 cm³/mol. The smallest absolute Gasteiger partial charge is 0.428 e. The average molecular weight is 898 g/mol. The van der Waals surface area contributed by atoms with Gasteiger partial charge in [-0.2, -0.15) is 13.2 Å². The minimum Gasteiger partial charge on any atom is -0.497 e. The number of amides is 4. The van der Waals surface area contributed by atoms with Crippen molar-refractivity contribution in [3.05, 3.63) is 107 Å². The van der Waals surface area contributed by atoms with E-state index in [4.69, 9.17) is 18.9 Å². The second kappa shape index (κ2) is 21.0. The minimum absolute atomic E-state index is 0.0164. The quantitative estimate of drug-likeness (QED) is 0.0826. The Morgan fingerprint density at radius 2 is 1.44 bits per heavy atom. The van der Waals surface area contributed by atoms with Crippen molar-refractivity contribution in [2.75, 3.05) is 21.3 Å². The van der Waals surface area contributed by atoms with Gasteiger partial charge in [-0.25, -0.2) is 14.4 Å². The van der Waals surface area contributed by atoms with Gasteiger partial charge < -0.3 is 39.2 Å². The second-order valence-corrected chi connectivity index (χ2v) is 16.2. The van der Waals surface area contributed by atoms with Crippen LogP contribution in [0.25, 0.3) is 0 Å². The number of halogens is 3. The first-order chi connectivity index (χ1) is 30.0. The number of benzene rings is 3. The van der Waals surface area contributed by atoms with Crippen molar-refractivity contribution in [1.82, 2.24) is 35.8 Å². The lowest BCUT2D eigenvalue weighted by atomic mass is 9.95. The maximum Gasteiger partial charge on any atom is 0.428 e. The molecule has 4 aromatic rings. The summed E-state index contributed by atoms with van der Waals surface area (Å²) in [7, 11) is 3.61. The minimum atomic E-state index is -5.50. The third kappa shape index (κ3) is 12.6. The summed E-state index contributed by atoms with van der Waals surface area (Å²) in [6.07, 6.45) is -7.17. The maximum absolute atomic E-state index is 14.9. The Hall–Kier alpha value is -6.86. The number of aromatic nitrogens is 3. The topological polar surface area (TPSA) is 202 Å². The molecule has 0 aliphatic heterocycles. The standard InChI is InChI=1S/C44H54F3N7O10/c1-28(24-53-26-35(51-52-53)43(38(57)62-9,44(45,46)47)50-40(59)63-27-30-18-14-11-15-19-30)48-37(56)42(5,6)54(25-31-20-21-32(60-7)23-34(31)61-8)36(55)33(22-29-16-12-10-13-17-29)49-39(58)64-41(2,3)4/h10-21,23,26,28,33H,22,24-25,27H2,1-9H3,(H,48,56)(H,49,58)(H,50,59)/t28-,33-,43?/m0/s1. The van der Waals surface area contributed by atoms with Gasteiger partial charge >= 0.3 is 24.3 Å². The number of ether oxygens (including phenoxy) is 5. The van der Waals surface area contributed by atoms with E-state index in [1.54, 1.807) is 105 Å². The zero-order chi connectivity index (χ0) is 47.5. The molecule has 3 atom stereocenters. The molecular formula is C44H54F3N7O10. The van der Waals surface area contributed by atoms with E-state index in [9.17, 15) is 37.1 Å². The summed E-state index contributed by atoms with van der Waals surface area (Å²) in [5.74, 6) is -2.49. The van der Waals surface area contributed by atoms with Gasteiger partial charge in [0.05, 0.1) is 40.6 Å². The van der Waals surface area contributed by atoms with Gasteiger partial charge in [0.25, 0.3) is 5.54 Å². The molecule has 0 bridgehead atoms. The van der Waals surface area contributed by atoms with Crippen LogP contribution >= 0.6 is 0 Å². The maximum atomic E-state index is 14.9. The van der Waals surface area contributed by atoms with Crippen molar-refractivity contribution in [3.8, 4) is 11.5 Å². The van der Waals surface area contributed by atoms with Crippen molar-refractivity contribution in [2.24, 2.45) is 0 Å². The number of nitrogens with one attached hydrogen (secondary N) is 3. The highest BCUT2D eigenvalue weighted by Crippen LogP contribution is 2.39. The highest BCUT2D eigenvalue weighted by atomic mass is 19.4. The van der Waals surface area contributed by atoms with Gasteiger partial charge in [-0.05, 0) is 64.8 Å². The number of nitrogens with zero attached hydrogens (tertiary/aromatic N) is 4. The first-order valence-electron chi connectivity index (χ1n) is 20.0. The fourth-order valence-electron chi connectivity index (χ4n) is 6.42. The van der Waals surface area contributed by atoms with Gasteiger partial charge in [-0.15, -0.1) is 5.10 Å². The van der Waals surface area contributed by atoms with Crippen LogP contribution in [0.2, 0.25) is 0 Å². The van der Waals surface area contributed by atoms with E-state index in [1.165, 1.54) is 39.9 Å². The summed E-state index contributed by atoms with van der Waals surface area (Å²) in [5.41, 5.74) is -5.84. The number of hydrogen-bond donors (Lipinski definition) is 3. The van der Waals surface area contributed by atoms with Crippen LogP contribution in [0.5, 0.6) is 11.5 Å². The van der Waals surface area contributed by atoms with E-state index in [-0.39, 0.29) is 19.5 Å². The van der Waals surface area contributed by atoms with Crippen LogP contribution < -0.4 is 25.4 Å². The Labute approximate surface area is 368 Å². The largest absolute Gasteiger partial charge is 0.497 e. The molecule has 1 unspecified atom stereocenters. The molecule has 0 saturated heterocycles. The normalized spacial score (nSPS) is 13.6. The van der Waals surface area contributed by atoms with E-state index >= 15 is 0 Å². The van der Waals surface area contributed by atoms with Crippen molar-refractivity contribution in [1.29, 1.82) is 0 Å². The Morgan fingerprint density at radius 1 is 0.812 bits per heavy atom. The molecular weight excluding hydrogens is 844 g/mol. The molecule has 64 heavy (non-hydrogen) atoms. The molecule has 3 aromatic carbocycles. The lowest BCUT2D eigenvalue weighted by molar-refractivity contribution is -0.214. The first-order valence-corrected chi connectivity index (χ1v) is 20.0. The Kier molecular flexibility index (Phi) is 16.3. The highest BCUT2D eigenvalue weighted by Gasteiger charge is 2.66. The number of alkyl carbamates (subject to hydrolysis) is 2. The predicted octanol–water partition coefficient (Wildman–Crippen LogP) is 5.60. The SMILES string of the molecule is COC(=O)C(NC(=O)OCc1ccccc1)(c1cn(C[C@H](C)NC(=O)C(C)(C)N(Cc2ccc(OC)cc2OC)C(=O)[C@H](Cc2ccccc2)NC(=O)OC(C)(C)C)nn1)C(F)(F)F. The van der Waals surface area contributed by atoms with Crippen molar-refractivity contribution in [3.63, 3.8) is 0 Å². The third-order valence-corrected chi connectivity index (χ3v) is 9.77. The molecule has 1 aromatic heterocycles. The molecule has 0 aliphatic rings. The fourth-order valence-corrected chi connectivity index (χ4v) is 6.42. The van der Waals surface area contributed by atoms with Crippen LogP contribution in [0.3, 0.4) is 0 Å². The number of carbonyl (C=O) groups excluding carboxylic acids is 5. The molecule has 4 rings (SSSR count). The van der Waals surface area contributed by atoms with Gasteiger partial charge in [0.2, 0.25) is 11.8 Å². The number of rotatable bonds is 18. The van der Waals surface area contributed by atoms with Crippen LogP contribution in [0, 0.1) is 0 Å². The van der Waals surface area contributed by atoms with E-state index in [0.29, 0.717) is 35.3 Å². The van der Waals surface area contributed by atoms with Crippen LogP contribution in [-0.4, -0.2) is 101 Å². The van der Waals surface area contributed by atoms with E-state index in [1.807, 2.05) is 0 Å². The summed E-state index contributed by atoms with van der Waals surface area (Å²) >= 11 is 0. The molecule has 0 fully saturated rings. The number of hydrogen-bond acceptors (Lipinski definition) is 12. The Bertz CT molecular complexity index is 2230. The van der Waals surface area contributed by atoms with Crippen molar-refractivity contribution in [2.45, 2.75) is 103 Å². The molecule has 0 aliphatic carbocycles. The van der Waals surface area contributed by atoms with Crippen molar-refractivity contribution >= 4 is 30.0 Å². The number of alkyl halides is 3. The second-order valence-electron chi connectivity index (χ2n) is 16.2. The molecule has 1 heterocycles. The van der Waals surface area contributed by atoms with Crippen LogP contribution in [-0.2, 0) is 60.3 Å². The van der Waals surface area contributed by atoms with Gasteiger partial charge in [0.15, 0.2) is 0 Å². The van der Waals surface area contributed by atoms with E-state index in [2.05, 4.69) is 25.7 Å². The third-order valence-electron chi connectivity index (χ3n) is 9.77. The summed E-state index contributed by atoms with van der Waals surface area (Å²) in [6, 6.07) is 19.8. The molecule has 0 saturated carbocycles. The summed E-state index contributed by atoms with van der Waals surface area (Å²) < 4.78 is 71.6. The number of methoxy groups -OCH3 is 3. The lowest BCUT2D eigenvalue weighted by Gasteiger charge is -2.40. The van der Waals surface area contributed by atoms with Gasteiger partial charge in [0, 0.05) is 24.1 Å². The van der Waals surface area contributed by atoms with Crippen LogP contribution in [0.4, 0.5) is 22.8 Å². The molecule has 20 heteroatoms. The molecule has 346 valence electrons. The van der Waals surface area contributed by atoms with E-state index < -0.39 is 77.2 Å².